The summed E-state index contributed by atoms with van der Waals surface area (Å²) in [4.78, 5) is 0.910. The van der Waals surface area contributed by atoms with Gasteiger partial charge in [-0.2, -0.15) is 0 Å². The number of thiophene rings is 1. The molecule has 2 aromatic heterocycles. The minimum Gasteiger partial charge on any atom is -0.417 e. The van der Waals surface area contributed by atoms with Crippen LogP contribution >= 0.6 is 11.3 Å². The second kappa shape index (κ2) is 3.18. The van der Waals surface area contributed by atoms with Gasteiger partial charge in [0.1, 0.15) is 5.60 Å². The maximum absolute atomic E-state index is 9.61. The van der Waals surface area contributed by atoms with Crippen molar-refractivity contribution in [2.24, 2.45) is 0 Å². The highest BCUT2D eigenvalue weighted by Gasteiger charge is 2.24. The monoisotopic (exact) mass is 210 g/mol. The van der Waals surface area contributed by atoms with Crippen molar-refractivity contribution in [3.63, 3.8) is 0 Å². The molecule has 0 fully saturated rings. The Morgan fingerprint density at radius 1 is 1.43 bits per heavy atom. The van der Waals surface area contributed by atoms with Crippen molar-refractivity contribution in [2.45, 2.75) is 19.4 Å². The van der Waals surface area contributed by atoms with Crippen LogP contribution in [0.3, 0.4) is 0 Å². The summed E-state index contributed by atoms with van der Waals surface area (Å²) in [5, 5.41) is 19.2. The topological polar surface area (TPSA) is 59.2 Å². The van der Waals surface area contributed by atoms with Crippen molar-refractivity contribution in [1.29, 1.82) is 0 Å². The maximum atomic E-state index is 9.61. The highest BCUT2D eigenvalue weighted by atomic mass is 32.1. The van der Waals surface area contributed by atoms with Crippen LogP contribution in [0.15, 0.2) is 21.9 Å². The fourth-order valence-electron chi connectivity index (χ4n) is 0.970. The van der Waals surface area contributed by atoms with Crippen molar-refractivity contribution >= 4 is 11.3 Å². The molecule has 14 heavy (non-hydrogen) atoms. The Bertz CT molecular complexity index is 414. The summed E-state index contributed by atoms with van der Waals surface area (Å²) in [6.07, 6.45) is 0. The highest BCUT2D eigenvalue weighted by Crippen LogP contribution is 2.26. The lowest BCUT2D eigenvalue weighted by atomic mass is 10.1. The van der Waals surface area contributed by atoms with Crippen LogP contribution in [0.1, 0.15) is 19.7 Å². The Balaban J connectivity index is 2.36. The third-order valence-electron chi connectivity index (χ3n) is 1.68. The van der Waals surface area contributed by atoms with Gasteiger partial charge in [0, 0.05) is 0 Å². The molecule has 5 heteroatoms. The summed E-state index contributed by atoms with van der Waals surface area (Å²) in [6.45, 7) is 3.22. The SMILES string of the molecule is CC(C)(O)c1nnc(-c2cccs2)o1. The molecule has 0 atom stereocenters. The van der Waals surface area contributed by atoms with Gasteiger partial charge in [0.05, 0.1) is 4.88 Å². The molecular weight excluding hydrogens is 200 g/mol. The number of rotatable bonds is 2. The lowest BCUT2D eigenvalue weighted by molar-refractivity contribution is 0.0488. The van der Waals surface area contributed by atoms with E-state index < -0.39 is 5.60 Å². The molecule has 0 aliphatic heterocycles. The second-order valence-electron chi connectivity index (χ2n) is 3.45. The largest absolute Gasteiger partial charge is 0.417 e. The molecule has 2 rings (SSSR count). The lowest BCUT2D eigenvalue weighted by Gasteiger charge is -2.09. The zero-order valence-electron chi connectivity index (χ0n) is 7.89. The molecule has 4 nitrogen and oxygen atoms in total. The fraction of sp³-hybridized carbons (Fsp3) is 0.333. The van der Waals surface area contributed by atoms with Crippen LogP contribution < -0.4 is 0 Å². The van der Waals surface area contributed by atoms with Gasteiger partial charge in [-0.15, -0.1) is 21.5 Å². The van der Waals surface area contributed by atoms with Gasteiger partial charge in [0.25, 0.3) is 5.89 Å². The standard InChI is InChI=1S/C9H10N2O2S/c1-9(2,12)8-11-10-7(13-8)6-4-3-5-14-6/h3-5,12H,1-2H3. The van der Waals surface area contributed by atoms with Gasteiger partial charge in [0.2, 0.25) is 5.89 Å². The second-order valence-corrected chi connectivity index (χ2v) is 4.40. The Hall–Kier alpha value is -1.20. The molecule has 0 spiro atoms. The van der Waals surface area contributed by atoms with Gasteiger partial charge < -0.3 is 9.52 Å². The maximum Gasteiger partial charge on any atom is 0.257 e. The number of hydrogen-bond donors (Lipinski definition) is 1. The molecule has 0 saturated carbocycles. The molecule has 2 heterocycles. The summed E-state index contributed by atoms with van der Waals surface area (Å²) >= 11 is 1.52. The fourth-order valence-corrected chi connectivity index (χ4v) is 1.61. The third kappa shape index (κ3) is 1.69. The predicted molar refractivity (Wildman–Crippen MR) is 52.9 cm³/mol. The Morgan fingerprint density at radius 3 is 2.71 bits per heavy atom. The number of hydrogen-bond acceptors (Lipinski definition) is 5. The van der Waals surface area contributed by atoms with E-state index in [2.05, 4.69) is 10.2 Å². The molecule has 0 radical (unpaired) electrons. The number of nitrogens with zero attached hydrogens (tertiary/aromatic N) is 2. The first-order valence-corrected chi connectivity index (χ1v) is 5.05. The molecule has 0 aliphatic rings. The van der Waals surface area contributed by atoms with Gasteiger partial charge in [-0.3, -0.25) is 0 Å². The molecule has 0 bridgehead atoms. The first kappa shape index (κ1) is 9.36. The summed E-state index contributed by atoms with van der Waals surface area (Å²) in [5.41, 5.74) is -1.08. The average Bonchev–Trinajstić information content (AvgIpc) is 2.73. The van der Waals surface area contributed by atoms with E-state index in [9.17, 15) is 5.11 Å². The van der Waals surface area contributed by atoms with E-state index in [0.29, 0.717) is 5.89 Å². The Kier molecular flexibility index (Phi) is 2.13. The van der Waals surface area contributed by atoms with Crippen LogP contribution in [0.2, 0.25) is 0 Å². The van der Waals surface area contributed by atoms with Crippen molar-refractivity contribution in [2.75, 3.05) is 0 Å². The van der Waals surface area contributed by atoms with Gasteiger partial charge >= 0.3 is 0 Å². The van der Waals surface area contributed by atoms with Crippen LogP contribution in [0.5, 0.6) is 0 Å². The molecule has 0 saturated heterocycles. The molecular formula is C9H10N2O2S. The lowest BCUT2D eigenvalue weighted by Crippen LogP contribution is -2.15. The normalized spacial score (nSPS) is 11.9. The zero-order chi connectivity index (χ0) is 10.2. The van der Waals surface area contributed by atoms with E-state index in [1.54, 1.807) is 13.8 Å². The Morgan fingerprint density at radius 2 is 2.21 bits per heavy atom. The molecule has 1 N–H and O–H groups in total. The van der Waals surface area contributed by atoms with Gasteiger partial charge in [-0.1, -0.05) is 6.07 Å². The number of aromatic nitrogens is 2. The molecule has 74 valence electrons. The minimum atomic E-state index is -1.08. The smallest absolute Gasteiger partial charge is 0.257 e. The van der Waals surface area contributed by atoms with Crippen molar-refractivity contribution in [3.05, 3.63) is 23.4 Å². The van der Waals surface area contributed by atoms with Crippen LogP contribution in [-0.2, 0) is 5.60 Å². The third-order valence-corrected chi connectivity index (χ3v) is 2.54. The van der Waals surface area contributed by atoms with E-state index in [1.165, 1.54) is 11.3 Å². The van der Waals surface area contributed by atoms with Crippen LogP contribution in [0.25, 0.3) is 10.8 Å². The van der Waals surface area contributed by atoms with Crippen LogP contribution in [0.4, 0.5) is 0 Å². The first-order chi connectivity index (χ1) is 6.57. The summed E-state index contributed by atoms with van der Waals surface area (Å²) in [7, 11) is 0. The van der Waals surface area contributed by atoms with Crippen LogP contribution in [0, 0.1) is 0 Å². The Labute approximate surface area is 85.2 Å². The quantitative estimate of drug-likeness (QED) is 0.823. The zero-order valence-corrected chi connectivity index (χ0v) is 8.71. The van der Waals surface area contributed by atoms with Crippen molar-refractivity contribution < 1.29 is 9.52 Å². The van der Waals surface area contributed by atoms with Crippen molar-refractivity contribution in [1.82, 2.24) is 10.2 Å². The van der Waals surface area contributed by atoms with Gasteiger partial charge in [-0.25, -0.2) is 0 Å². The van der Waals surface area contributed by atoms with E-state index in [0.717, 1.165) is 4.88 Å². The average molecular weight is 210 g/mol. The summed E-state index contributed by atoms with van der Waals surface area (Å²) in [5.74, 6) is 0.693. The summed E-state index contributed by atoms with van der Waals surface area (Å²) < 4.78 is 5.33. The molecule has 0 aliphatic carbocycles. The molecule has 0 aromatic carbocycles. The van der Waals surface area contributed by atoms with E-state index in [4.69, 9.17) is 4.42 Å². The predicted octanol–water partition coefficient (Wildman–Crippen LogP) is 2.03. The van der Waals surface area contributed by atoms with Gasteiger partial charge in [-0.05, 0) is 25.3 Å². The van der Waals surface area contributed by atoms with E-state index in [1.807, 2.05) is 17.5 Å². The minimum absolute atomic E-state index is 0.237. The molecule has 0 unspecified atom stereocenters. The van der Waals surface area contributed by atoms with E-state index >= 15 is 0 Å². The van der Waals surface area contributed by atoms with Crippen molar-refractivity contribution in [3.8, 4) is 10.8 Å². The van der Waals surface area contributed by atoms with Crippen LogP contribution in [-0.4, -0.2) is 15.3 Å². The highest BCUT2D eigenvalue weighted by molar-refractivity contribution is 7.13. The van der Waals surface area contributed by atoms with E-state index in [-0.39, 0.29) is 5.89 Å². The molecule has 2 aromatic rings. The number of aliphatic hydroxyl groups is 1. The van der Waals surface area contributed by atoms with Gasteiger partial charge in [0.15, 0.2) is 0 Å². The first-order valence-electron chi connectivity index (χ1n) is 4.17. The summed E-state index contributed by atoms with van der Waals surface area (Å²) in [6, 6.07) is 3.81. The molecule has 0 amide bonds.